The van der Waals surface area contributed by atoms with Crippen LogP contribution < -0.4 is 4.31 Å². The molecule has 3 aromatic rings. The molecule has 0 aliphatic carbocycles. The van der Waals surface area contributed by atoms with Crippen LogP contribution in [0.5, 0.6) is 0 Å². The van der Waals surface area contributed by atoms with Crippen molar-refractivity contribution in [2.75, 3.05) is 23.7 Å². The Hall–Kier alpha value is -3.52. The number of esters is 1. The highest BCUT2D eigenvalue weighted by atomic mass is 32.2. The number of carbonyl (C=O) groups is 2. The molecule has 0 unspecified atom stereocenters. The molecule has 0 spiro atoms. The lowest BCUT2D eigenvalue weighted by Crippen LogP contribution is -2.34. The van der Waals surface area contributed by atoms with Gasteiger partial charge in [-0.05, 0) is 55.7 Å². The van der Waals surface area contributed by atoms with Gasteiger partial charge in [-0.2, -0.15) is 0 Å². The lowest BCUT2D eigenvalue weighted by atomic mass is 9.99. The van der Waals surface area contributed by atoms with E-state index in [4.69, 9.17) is 4.74 Å². The van der Waals surface area contributed by atoms with Crippen LogP contribution in [0.2, 0.25) is 0 Å². The lowest BCUT2D eigenvalue weighted by molar-refractivity contribution is 0.0473. The zero-order valence-corrected chi connectivity index (χ0v) is 19.3. The summed E-state index contributed by atoms with van der Waals surface area (Å²) in [5, 5.41) is 0. The maximum Gasteiger partial charge on any atom is 0.340 e. The molecule has 0 amide bonds. The Morgan fingerprint density at radius 2 is 1.82 bits per heavy atom. The maximum atomic E-state index is 12.6. The van der Waals surface area contributed by atoms with E-state index in [2.05, 4.69) is 4.98 Å². The van der Waals surface area contributed by atoms with E-state index < -0.39 is 22.6 Å². The number of carbonyl (C=O) groups excluding carboxylic acids is 2. The van der Waals surface area contributed by atoms with E-state index in [1.807, 2.05) is 30.3 Å². The second kappa shape index (κ2) is 9.15. The first-order valence-corrected chi connectivity index (χ1v) is 12.4. The number of pyridine rings is 1. The molecule has 0 saturated heterocycles. The standard InChI is InChI=1S/C25H24N2O5S/c1-17-21(11-12-22(26-17)18-7-4-3-5-8-18)25(29)32-16-24(28)20-10-13-23-19(15-20)9-6-14-27(23)33(2,30)31/h3-5,7-8,10-13,15H,6,9,14,16H2,1-2H3. The van der Waals surface area contributed by atoms with Gasteiger partial charge >= 0.3 is 5.97 Å². The van der Waals surface area contributed by atoms with Crippen LogP contribution in [0, 0.1) is 6.92 Å². The van der Waals surface area contributed by atoms with Crippen molar-refractivity contribution in [3.63, 3.8) is 0 Å². The number of hydrogen-bond donors (Lipinski definition) is 0. The molecule has 0 N–H and O–H groups in total. The number of nitrogens with zero attached hydrogens (tertiary/aromatic N) is 2. The average Bonchev–Trinajstić information content (AvgIpc) is 2.81. The smallest absolute Gasteiger partial charge is 0.340 e. The molecule has 0 saturated carbocycles. The molecule has 4 rings (SSSR count). The minimum absolute atomic E-state index is 0.303. The summed E-state index contributed by atoms with van der Waals surface area (Å²) in [5.41, 5.74) is 4.28. The topological polar surface area (TPSA) is 93.6 Å². The molecule has 0 atom stereocenters. The van der Waals surface area contributed by atoms with E-state index in [0.29, 0.717) is 41.9 Å². The number of hydrogen-bond acceptors (Lipinski definition) is 6. The van der Waals surface area contributed by atoms with Gasteiger partial charge in [-0.1, -0.05) is 30.3 Å². The minimum Gasteiger partial charge on any atom is -0.454 e. The molecule has 33 heavy (non-hydrogen) atoms. The highest BCUT2D eigenvalue weighted by molar-refractivity contribution is 7.92. The molecule has 7 nitrogen and oxygen atoms in total. The van der Waals surface area contributed by atoms with Crippen LogP contribution in [0.1, 0.15) is 38.4 Å². The lowest BCUT2D eigenvalue weighted by Gasteiger charge is -2.29. The number of Topliss-reactive ketones (excluding diaryl/α,β-unsaturated/α-hetero) is 1. The number of sulfonamides is 1. The maximum absolute atomic E-state index is 12.6. The van der Waals surface area contributed by atoms with Gasteiger partial charge in [0.25, 0.3) is 0 Å². The number of anilines is 1. The van der Waals surface area contributed by atoms with Crippen molar-refractivity contribution in [1.82, 2.24) is 4.98 Å². The van der Waals surface area contributed by atoms with E-state index in [1.165, 1.54) is 10.6 Å². The summed E-state index contributed by atoms with van der Waals surface area (Å²) < 4.78 is 30.6. The number of aryl methyl sites for hydroxylation is 2. The summed E-state index contributed by atoms with van der Waals surface area (Å²) in [6.45, 7) is 1.74. The Balaban J connectivity index is 1.44. The molecule has 2 aromatic carbocycles. The second-order valence-electron chi connectivity index (χ2n) is 7.98. The number of ketones is 1. The van der Waals surface area contributed by atoms with E-state index in [1.54, 1.807) is 37.3 Å². The SMILES string of the molecule is Cc1nc(-c2ccccc2)ccc1C(=O)OCC(=O)c1ccc2c(c1)CCCN2S(C)(=O)=O. The molecular weight excluding hydrogens is 440 g/mol. The van der Waals surface area contributed by atoms with Gasteiger partial charge in [-0.25, -0.2) is 13.2 Å². The molecule has 0 fully saturated rings. The van der Waals surface area contributed by atoms with Gasteiger partial charge in [-0.3, -0.25) is 14.1 Å². The number of fused-ring (bicyclic) bond motifs is 1. The van der Waals surface area contributed by atoms with Crippen LogP contribution >= 0.6 is 0 Å². The third kappa shape index (κ3) is 4.96. The predicted molar refractivity (Wildman–Crippen MR) is 126 cm³/mol. The van der Waals surface area contributed by atoms with Gasteiger partial charge in [0, 0.05) is 17.7 Å². The monoisotopic (exact) mass is 464 g/mol. The summed E-state index contributed by atoms with van der Waals surface area (Å²) in [6, 6.07) is 17.9. The van der Waals surface area contributed by atoms with Crippen molar-refractivity contribution in [2.45, 2.75) is 19.8 Å². The van der Waals surface area contributed by atoms with Gasteiger partial charge in [-0.15, -0.1) is 0 Å². The van der Waals surface area contributed by atoms with Crippen LogP contribution in [0.15, 0.2) is 60.7 Å². The first kappa shape index (κ1) is 22.7. The Bertz CT molecular complexity index is 1320. The summed E-state index contributed by atoms with van der Waals surface area (Å²) in [4.78, 5) is 29.7. The van der Waals surface area contributed by atoms with Crippen molar-refractivity contribution in [2.24, 2.45) is 0 Å². The molecule has 0 bridgehead atoms. The molecule has 170 valence electrons. The molecule has 2 heterocycles. The van der Waals surface area contributed by atoms with Crippen LogP contribution in [0.3, 0.4) is 0 Å². The number of aromatic nitrogens is 1. The highest BCUT2D eigenvalue weighted by Crippen LogP contribution is 2.30. The summed E-state index contributed by atoms with van der Waals surface area (Å²) in [7, 11) is -3.38. The van der Waals surface area contributed by atoms with Gasteiger partial charge in [0.1, 0.15) is 0 Å². The average molecular weight is 465 g/mol. The number of ether oxygens (including phenoxy) is 1. The Kier molecular flexibility index (Phi) is 6.29. The number of rotatable bonds is 6. The molecule has 1 aliphatic heterocycles. The fourth-order valence-corrected chi connectivity index (χ4v) is 4.92. The van der Waals surface area contributed by atoms with E-state index in [0.717, 1.165) is 16.8 Å². The molecular formula is C25H24N2O5S. The zero-order valence-electron chi connectivity index (χ0n) is 18.4. The molecule has 1 aliphatic rings. The van der Waals surface area contributed by atoms with E-state index in [9.17, 15) is 18.0 Å². The predicted octanol–water partition coefficient (Wildman–Crippen LogP) is 3.81. The van der Waals surface area contributed by atoms with Gasteiger partial charge in [0.2, 0.25) is 10.0 Å². The fraction of sp³-hybridized carbons (Fsp3) is 0.240. The minimum atomic E-state index is -3.38. The highest BCUT2D eigenvalue weighted by Gasteiger charge is 2.25. The van der Waals surface area contributed by atoms with Crippen molar-refractivity contribution < 1.29 is 22.7 Å². The normalized spacial score (nSPS) is 13.3. The molecule has 0 radical (unpaired) electrons. The van der Waals surface area contributed by atoms with E-state index in [-0.39, 0.29) is 5.78 Å². The summed E-state index contributed by atoms with van der Waals surface area (Å²) in [6.07, 6.45) is 2.53. The van der Waals surface area contributed by atoms with Crippen LogP contribution in [0.25, 0.3) is 11.3 Å². The fourth-order valence-electron chi connectivity index (χ4n) is 3.92. The largest absolute Gasteiger partial charge is 0.454 e. The van der Waals surface area contributed by atoms with Crippen LogP contribution in [-0.4, -0.2) is 44.6 Å². The van der Waals surface area contributed by atoms with Crippen molar-refractivity contribution in [1.29, 1.82) is 0 Å². The quantitative estimate of drug-likeness (QED) is 0.407. The second-order valence-corrected chi connectivity index (χ2v) is 9.88. The van der Waals surface area contributed by atoms with Crippen LogP contribution in [0.4, 0.5) is 5.69 Å². The number of benzene rings is 2. The third-order valence-electron chi connectivity index (χ3n) is 5.59. The van der Waals surface area contributed by atoms with Gasteiger partial charge in [0.05, 0.1) is 28.9 Å². The summed E-state index contributed by atoms with van der Waals surface area (Å²) >= 11 is 0. The van der Waals surface area contributed by atoms with E-state index >= 15 is 0 Å². The Morgan fingerprint density at radius 3 is 2.52 bits per heavy atom. The third-order valence-corrected chi connectivity index (χ3v) is 6.77. The molecule has 8 heteroatoms. The molecule has 1 aromatic heterocycles. The summed E-state index contributed by atoms with van der Waals surface area (Å²) in [5.74, 6) is -0.969. The Morgan fingerprint density at radius 1 is 1.06 bits per heavy atom. The van der Waals surface area contributed by atoms with Gasteiger partial charge < -0.3 is 4.74 Å². The van der Waals surface area contributed by atoms with Gasteiger partial charge in [0.15, 0.2) is 12.4 Å². The van der Waals surface area contributed by atoms with Crippen LogP contribution in [-0.2, 0) is 21.2 Å². The zero-order chi connectivity index (χ0) is 23.6. The van der Waals surface area contributed by atoms with Crippen molar-refractivity contribution >= 4 is 27.5 Å². The Labute approximate surface area is 193 Å². The first-order valence-electron chi connectivity index (χ1n) is 10.6. The first-order chi connectivity index (χ1) is 15.7. The van der Waals surface area contributed by atoms with Crippen molar-refractivity contribution in [3.8, 4) is 11.3 Å². The van der Waals surface area contributed by atoms with Crippen molar-refractivity contribution in [3.05, 3.63) is 83.0 Å².